The molecule has 25 heavy (non-hydrogen) atoms. The van der Waals surface area contributed by atoms with Gasteiger partial charge in [-0.3, -0.25) is 4.99 Å². The molecular weight excluding hydrogens is 318 g/mol. The molecule has 0 bridgehead atoms. The van der Waals surface area contributed by atoms with Crippen molar-refractivity contribution in [3.63, 3.8) is 0 Å². The Bertz CT molecular complexity index is 486. The van der Waals surface area contributed by atoms with E-state index in [4.69, 9.17) is 9.26 Å². The summed E-state index contributed by atoms with van der Waals surface area (Å²) in [6.45, 7) is 14.5. The van der Waals surface area contributed by atoms with Crippen LogP contribution in [0.1, 0.15) is 65.1 Å². The monoisotopic (exact) mass is 353 g/mol. The Morgan fingerprint density at radius 3 is 2.64 bits per heavy atom. The molecule has 0 spiro atoms. The second-order valence-corrected chi connectivity index (χ2v) is 6.81. The van der Waals surface area contributed by atoms with Crippen LogP contribution in [-0.4, -0.2) is 48.9 Å². The molecule has 7 nitrogen and oxygen atoms in total. The maximum absolute atomic E-state index is 5.58. The molecule has 0 saturated carbocycles. The largest absolute Gasteiger partial charge is 0.381 e. The van der Waals surface area contributed by atoms with E-state index in [-0.39, 0.29) is 0 Å². The summed E-state index contributed by atoms with van der Waals surface area (Å²) >= 11 is 0. The number of ether oxygens (including phenoxy) is 1. The van der Waals surface area contributed by atoms with Gasteiger partial charge in [0, 0.05) is 45.2 Å². The SMILES string of the molecule is CCNC(=NCCCc1nc(C(C)C)no1)NCCCOCC(C)C. The first kappa shape index (κ1) is 21.4. The summed E-state index contributed by atoms with van der Waals surface area (Å²) in [5.41, 5.74) is 0. The van der Waals surface area contributed by atoms with Gasteiger partial charge in [-0.05, 0) is 25.7 Å². The van der Waals surface area contributed by atoms with Crippen LogP contribution < -0.4 is 10.6 Å². The zero-order valence-electron chi connectivity index (χ0n) is 16.5. The summed E-state index contributed by atoms with van der Waals surface area (Å²) in [4.78, 5) is 8.96. The zero-order chi connectivity index (χ0) is 18.5. The molecule has 7 heteroatoms. The van der Waals surface area contributed by atoms with E-state index in [1.54, 1.807) is 0 Å². The quantitative estimate of drug-likeness (QED) is 0.341. The van der Waals surface area contributed by atoms with Crippen molar-refractivity contribution in [1.82, 2.24) is 20.8 Å². The van der Waals surface area contributed by atoms with Gasteiger partial charge < -0.3 is 19.9 Å². The first-order chi connectivity index (χ1) is 12.0. The van der Waals surface area contributed by atoms with Crippen LogP contribution in [0.15, 0.2) is 9.52 Å². The number of guanidine groups is 1. The fourth-order valence-corrected chi connectivity index (χ4v) is 2.07. The lowest BCUT2D eigenvalue weighted by atomic mass is 10.2. The molecule has 144 valence electrons. The molecule has 1 heterocycles. The Morgan fingerprint density at radius 1 is 1.20 bits per heavy atom. The van der Waals surface area contributed by atoms with Gasteiger partial charge >= 0.3 is 0 Å². The van der Waals surface area contributed by atoms with Gasteiger partial charge in [0.05, 0.1) is 0 Å². The van der Waals surface area contributed by atoms with E-state index in [1.807, 2.05) is 0 Å². The van der Waals surface area contributed by atoms with Crippen LogP contribution in [0.4, 0.5) is 0 Å². The van der Waals surface area contributed by atoms with Crippen LogP contribution in [0, 0.1) is 5.92 Å². The molecule has 0 aliphatic rings. The Hall–Kier alpha value is -1.63. The maximum atomic E-state index is 5.58. The minimum absolute atomic E-state index is 0.296. The predicted molar refractivity (Wildman–Crippen MR) is 101 cm³/mol. The summed E-state index contributed by atoms with van der Waals surface area (Å²) < 4.78 is 10.8. The molecular formula is C18H35N5O2. The third-order valence-electron chi connectivity index (χ3n) is 3.37. The Labute approximate surface area is 152 Å². The van der Waals surface area contributed by atoms with Crippen molar-refractivity contribution in [3.05, 3.63) is 11.7 Å². The van der Waals surface area contributed by atoms with E-state index in [9.17, 15) is 0 Å². The van der Waals surface area contributed by atoms with Crippen LogP contribution >= 0.6 is 0 Å². The second kappa shape index (κ2) is 12.7. The number of hydrogen-bond acceptors (Lipinski definition) is 5. The molecule has 0 aliphatic carbocycles. The standard InChI is InChI=1S/C18H35N5O2/c1-6-19-18(21-11-8-12-24-13-14(2)3)20-10-7-9-16-22-17(15(4)5)23-25-16/h14-15H,6-13H2,1-5H3,(H2,19,20,21). The van der Waals surface area contributed by atoms with Crippen LogP contribution in [0.5, 0.6) is 0 Å². The zero-order valence-corrected chi connectivity index (χ0v) is 16.5. The smallest absolute Gasteiger partial charge is 0.226 e. The summed E-state index contributed by atoms with van der Waals surface area (Å²) in [7, 11) is 0. The first-order valence-electron chi connectivity index (χ1n) is 9.45. The molecule has 2 N–H and O–H groups in total. The number of aliphatic imine (C=N–C) groups is 1. The fraction of sp³-hybridized carbons (Fsp3) is 0.833. The van der Waals surface area contributed by atoms with E-state index < -0.39 is 0 Å². The van der Waals surface area contributed by atoms with Crippen LogP contribution in [0.3, 0.4) is 0 Å². The van der Waals surface area contributed by atoms with Crippen molar-refractivity contribution in [2.24, 2.45) is 10.9 Å². The van der Waals surface area contributed by atoms with Crippen molar-refractivity contribution in [3.8, 4) is 0 Å². The van der Waals surface area contributed by atoms with Gasteiger partial charge in [-0.1, -0.05) is 32.9 Å². The number of nitrogens with zero attached hydrogens (tertiary/aromatic N) is 3. The molecule has 0 radical (unpaired) electrons. The Kier molecular flexibility index (Phi) is 10.9. The molecule has 0 atom stereocenters. The van der Waals surface area contributed by atoms with Crippen LogP contribution in [-0.2, 0) is 11.2 Å². The van der Waals surface area contributed by atoms with Crippen LogP contribution in [0.25, 0.3) is 0 Å². The lowest BCUT2D eigenvalue weighted by Crippen LogP contribution is -2.38. The number of rotatable bonds is 12. The van der Waals surface area contributed by atoms with E-state index in [0.29, 0.717) is 17.7 Å². The maximum Gasteiger partial charge on any atom is 0.226 e. The molecule has 1 aromatic rings. The molecule has 1 aromatic heterocycles. The van der Waals surface area contributed by atoms with Gasteiger partial charge in [-0.25, -0.2) is 0 Å². The molecule has 0 fully saturated rings. The molecule has 0 aliphatic heterocycles. The van der Waals surface area contributed by atoms with Crippen molar-refractivity contribution in [2.45, 2.75) is 59.8 Å². The number of aromatic nitrogens is 2. The number of hydrogen-bond donors (Lipinski definition) is 2. The average Bonchev–Trinajstić information content (AvgIpc) is 3.03. The molecule has 0 unspecified atom stereocenters. The lowest BCUT2D eigenvalue weighted by Gasteiger charge is -2.11. The highest BCUT2D eigenvalue weighted by atomic mass is 16.5. The van der Waals surface area contributed by atoms with Gasteiger partial charge in [-0.2, -0.15) is 4.98 Å². The van der Waals surface area contributed by atoms with E-state index in [2.05, 4.69) is 60.4 Å². The van der Waals surface area contributed by atoms with Crippen molar-refractivity contribution >= 4 is 5.96 Å². The minimum Gasteiger partial charge on any atom is -0.381 e. The number of aryl methyl sites for hydroxylation is 1. The fourth-order valence-electron chi connectivity index (χ4n) is 2.07. The number of nitrogens with one attached hydrogen (secondary N) is 2. The highest BCUT2D eigenvalue weighted by Gasteiger charge is 2.08. The van der Waals surface area contributed by atoms with Gasteiger partial charge in [-0.15, -0.1) is 0 Å². The highest BCUT2D eigenvalue weighted by molar-refractivity contribution is 5.79. The second-order valence-electron chi connectivity index (χ2n) is 6.81. The van der Waals surface area contributed by atoms with Crippen molar-refractivity contribution in [2.75, 3.05) is 32.8 Å². The molecule has 0 amide bonds. The minimum atomic E-state index is 0.296. The lowest BCUT2D eigenvalue weighted by molar-refractivity contribution is 0.108. The molecule has 0 saturated heterocycles. The third-order valence-corrected chi connectivity index (χ3v) is 3.37. The highest BCUT2D eigenvalue weighted by Crippen LogP contribution is 2.10. The normalized spacial score (nSPS) is 12.2. The Balaban J connectivity index is 2.22. The van der Waals surface area contributed by atoms with Gasteiger partial charge in [0.15, 0.2) is 11.8 Å². The topological polar surface area (TPSA) is 84.6 Å². The van der Waals surface area contributed by atoms with Gasteiger partial charge in [0.25, 0.3) is 0 Å². The van der Waals surface area contributed by atoms with Crippen molar-refractivity contribution < 1.29 is 9.26 Å². The van der Waals surface area contributed by atoms with Crippen molar-refractivity contribution in [1.29, 1.82) is 0 Å². The first-order valence-corrected chi connectivity index (χ1v) is 9.45. The summed E-state index contributed by atoms with van der Waals surface area (Å²) in [6.07, 6.45) is 2.61. The third kappa shape index (κ3) is 10.1. The Morgan fingerprint density at radius 2 is 2.00 bits per heavy atom. The summed E-state index contributed by atoms with van der Waals surface area (Å²) in [5, 5.41) is 10.6. The van der Waals surface area contributed by atoms with E-state index in [0.717, 1.165) is 63.9 Å². The van der Waals surface area contributed by atoms with Gasteiger partial charge in [0.1, 0.15) is 0 Å². The average molecular weight is 354 g/mol. The van der Waals surface area contributed by atoms with E-state index >= 15 is 0 Å². The van der Waals surface area contributed by atoms with Crippen LogP contribution in [0.2, 0.25) is 0 Å². The molecule has 1 rings (SSSR count). The van der Waals surface area contributed by atoms with E-state index in [1.165, 1.54) is 0 Å². The summed E-state index contributed by atoms with van der Waals surface area (Å²) in [6, 6.07) is 0. The summed E-state index contributed by atoms with van der Waals surface area (Å²) in [5.74, 6) is 3.19. The molecule has 0 aromatic carbocycles. The predicted octanol–water partition coefficient (Wildman–Crippen LogP) is 2.74. The van der Waals surface area contributed by atoms with Gasteiger partial charge in [0.2, 0.25) is 5.89 Å².